The topological polar surface area (TPSA) is 140 Å². The Morgan fingerprint density at radius 1 is 1.38 bits per heavy atom. The van der Waals surface area contributed by atoms with E-state index in [-0.39, 0.29) is 34.0 Å². The molecule has 32 heavy (non-hydrogen) atoms. The monoisotopic (exact) mass is 499 g/mol. The van der Waals surface area contributed by atoms with E-state index in [2.05, 4.69) is 26.8 Å². The fraction of sp³-hybridized carbons (Fsp3) is 0.421. The Labute approximate surface area is 191 Å². The third-order valence-corrected chi connectivity index (χ3v) is 9.31. The minimum atomic E-state index is -3.65. The van der Waals surface area contributed by atoms with Crippen LogP contribution in [-0.4, -0.2) is 61.8 Å². The molecular formula is C19H25N5O5S3. The number of carbonyl (C=O) groups is 1. The van der Waals surface area contributed by atoms with Gasteiger partial charge in [-0.15, -0.1) is 16.8 Å². The summed E-state index contributed by atoms with van der Waals surface area (Å²) in [6, 6.07) is 4.66. The zero-order chi connectivity index (χ0) is 23.5. The van der Waals surface area contributed by atoms with Gasteiger partial charge >= 0.3 is 0 Å². The molecule has 1 fully saturated rings. The highest BCUT2D eigenvalue weighted by atomic mass is 32.2. The van der Waals surface area contributed by atoms with Crippen LogP contribution in [0.1, 0.15) is 23.7 Å². The number of allylic oxidation sites excluding steroid dienone is 1. The molecule has 1 amide bonds. The summed E-state index contributed by atoms with van der Waals surface area (Å²) in [4.78, 5) is 12.6. The number of nitrogens with one attached hydrogen (secondary N) is 2. The van der Waals surface area contributed by atoms with E-state index in [0.717, 1.165) is 11.8 Å². The molecule has 0 bridgehead atoms. The van der Waals surface area contributed by atoms with Gasteiger partial charge < -0.3 is 9.88 Å². The van der Waals surface area contributed by atoms with Crippen molar-refractivity contribution in [2.45, 2.75) is 35.9 Å². The predicted molar refractivity (Wildman–Crippen MR) is 123 cm³/mol. The molecule has 1 aromatic carbocycles. The molecule has 1 aliphatic rings. The van der Waals surface area contributed by atoms with Crippen LogP contribution >= 0.6 is 11.8 Å². The molecule has 2 N–H and O–H groups in total. The van der Waals surface area contributed by atoms with Crippen LogP contribution in [0.15, 0.2) is 40.9 Å². The smallest absolute Gasteiger partial charge is 0.240 e. The number of benzene rings is 1. The summed E-state index contributed by atoms with van der Waals surface area (Å²) < 4.78 is 52.0. The number of hydrogen-bond acceptors (Lipinski definition) is 8. The first-order valence-corrected chi connectivity index (χ1v) is 14.1. The number of hydrogen-bond donors (Lipinski definition) is 2. The van der Waals surface area contributed by atoms with E-state index in [1.54, 1.807) is 29.7 Å². The van der Waals surface area contributed by atoms with Crippen molar-refractivity contribution in [2.75, 3.05) is 29.6 Å². The molecule has 13 heteroatoms. The highest BCUT2D eigenvalue weighted by Crippen LogP contribution is 2.30. The quantitative estimate of drug-likeness (QED) is 0.389. The van der Waals surface area contributed by atoms with Gasteiger partial charge in [-0.3, -0.25) is 4.79 Å². The maximum atomic E-state index is 12.5. The third-order valence-electron chi connectivity index (χ3n) is 5.02. The lowest BCUT2D eigenvalue weighted by atomic mass is 10.1. The third kappa shape index (κ3) is 5.57. The van der Waals surface area contributed by atoms with Gasteiger partial charge in [0.2, 0.25) is 15.9 Å². The summed E-state index contributed by atoms with van der Waals surface area (Å²) in [5.41, 5.74) is 0.921. The van der Waals surface area contributed by atoms with Gasteiger partial charge in [0.15, 0.2) is 15.0 Å². The van der Waals surface area contributed by atoms with Crippen LogP contribution < -0.4 is 10.0 Å². The lowest BCUT2D eigenvalue weighted by Gasteiger charge is -2.12. The predicted octanol–water partition coefficient (Wildman–Crippen LogP) is 1.31. The summed E-state index contributed by atoms with van der Waals surface area (Å²) >= 11 is 1.16. The fourth-order valence-electron chi connectivity index (χ4n) is 3.41. The summed E-state index contributed by atoms with van der Waals surface area (Å²) in [6.45, 7) is 5.80. The number of rotatable bonds is 9. The van der Waals surface area contributed by atoms with Gasteiger partial charge in [-0.2, -0.15) is 0 Å². The second kappa shape index (κ2) is 9.73. The Balaban J connectivity index is 1.70. The second-order valence-electron chi connectivity index (χ2n) is 7.36. The van der Waals surface area contributed by atoms with Crippen LogP contribution in [0, 0.1) is 6.92 Å². The Bertz CT molecular complexity index is 1240. The van der Waals surface area contributed by atoms with Crippen molar-refractivity contribution in [3.05, 3.63) is 42.2 Å². The van der Waals surface area contributed by atoms with Crippen LogP contribution in [0.5, 0.6) is 0 Å². The number of sulfonamides is 1. The molecule has 2 aromatic rings. The molecule has 2 heterocycles. The lowest BCUT2D eigenvalue weighted by molar-refractivity contribution is -0.113. The molecule has 0 radical (unpaired) electrons. The van der Waals surface area contributed by atoms with Crippen LogP contribution in [0.4, 0.5) is 5.69 Å². The van der Waals surface area contributed by atoms with Gasteiger partial charge in [0, 0.05) is 18.2 Å². The standard InChI is InChI=1S/C19H25N5O5S3/c1-4-8-24-18(14-7-9-31(26,27)12-14)22-23-19(24)30-11-17(25)21-15-6-5-13(2)16(10-15)32(28,29)20-3/h4-6,10,14,20H,1,7-9,11-12H2,2-3H3,(H,21,25). The summed E-state index contributed by atoms with van der Waals surface area (Å²) in [6.07, 6.45) is 2.16. The van der Waals surface area contributed by atoms with Gasteiger partial charge in [0.1, 0.15) is 5.82 Å². The van der Waals surface area contributed by atoms with E-state index in [1.165, 1.54) is 13.1 Å². The Kier molecular flexibility index (Phi) is 7.43. The highest BCUT2D eigenvalue weighted by Gasteiger charge is 2.33. The van der Waals surface area contributed by atoms with Crippen molar-refractivity contribution in [1.82, 2.24) is 19.5 Å². The van der Waals surface area contributed by atoms with E-state index in [1.807, 2.05) is 0 Å². The maximum absolute atomic E-state index is 12.5. The average molecular weight is 500 g/mol. The van der Waals surface area contributed by atoms with Gasteiger partial charge in [0.05, 0.1) is 22.2 Å². The molecular weight excluding hydrogens is 474 g/mol. The van der Waals surface area contributed by atoms with Crippen molar-refractivity contribution in [2.24, 2.45) is 0 Å². The number of nitrogens with zero attached hydrogens (tertiary/aromatic N) is 3. The number of thioether (sulfide) groups is 1. The molecule has 10 nitrogen and oxygen atoms in total. The molecule has 0 aliphatic carbocycles. The average Bonchev–Trinajstić information content (AvgIpc) is 3.30. The van der Waals surface area contributed by atoms with Crippen molar-refractivity contribution in [3.63, 3.8) is 0 Å². The van der Waals surface area contributed by atoms with Gasteiger partial charge in [-0.1, -0.05) is 23.9 Å². The number of carbonyl (C=O) groups excluding carboxylic acids is 1. The lowest BCUT2D eigenvalue weighted by Crippen LogP contribution is -2.20. The molecule has 1 aliphatic heterocycles. The van der Waals surface area contributed by atoms with E-state index in [9.17, 15) is 21.6 Å². The summed E-state index contributed by atoms with van der Waals surface area (Å²) in [7, 11) is -5.39. The molecule has 174 valence electrons. The summed E-state index contributed by atoms with van der Waals surface area (Å²) in [5.74, 6) is 0.194. The molecule has 0 spiro atoms. The van der Waals surface area contributed by atoms with E-state index in [0.29, 0.717) is 35.2 Å². The van der Waals surface area contributed by atoms with Crippen LogP contribution in [-0.2, 0) is 31.2 Å². The van der Waals surface area contributed by atoms with E-state index >= 15 is 0 Å². The number of amides is 1. The molecule has 1 atom stereocenters. The van der Waals surface area contributed by atoms with Crippen LogP contribution in [0.25, 0.3) is 0 Å². The minimum Gasteiger partial charge on any atom is -0.325 e. The molecule has 3 rings (SSSR count). The van der Waals surface area contributed by atoms with Crippen molar-refractivity contribution < 1.29 is 21.6 Å². The Hall–Kier alpha value is -2.22. The van der Waals surface area contributed by atoms with Crippen LogP contribution in [0.2, 0.25) is 0 Å². The van der Waals surface area contributed by atoms with Gasteiger partial charge in [-0.05, 0) is 38.1 Å². The highest BCUT2D eigenvalue weighted by molar-refractivity contribution is 7.99. The number of aromatic nitrogens is 3. The first-order chi connectivity index (χ1) is 15.1. The number of aryl methyl sites for hydroxylation is 1. The van der Waals surface area contributed by atoms with E-state index in [4.69, 9.17) is 0 Å². The molecule has 1 saturated heterocycles. The Morgan fingerprint density at radius 2 is 2.12 bits per heavy atom. The first kappa shape index (κ1) is 24.4. The zero-order valence-corrected chi connectivity index (χ0v) is 20.2. The van der Waals surface area contributed by atoms with Gasteiger partial charge in [-0.25, -0.2) is 21.6 Å². The number of sulfone groups is 1. The SMILES string of the molecule is C=CCn1c(SCC(=O)Nc2ccc(C)c(S(=O)(=O)NC)c2)nnc1C1CCS(=O)(=O)C1. The first-order valence-electron chi connectivity index (χ1n) is 9.77. The largest absolute Gasteiger partial charge is 0.325 e. The van der Waals surface area contributed by atoms with Crippen molar-refractivity contribution >= 4 is 43.2 Å². The molecule has 1 unspecified atom stereocenters. The fourth-order valence-corrected chi connectivity index (χ4v) is 6.90. The maximum Gasteiger partial charge on any atom is 0.240 e. The molecule has 0 saturated carbocycles. The zero-order valence-electron chi connectivity index (χ0n) is 17.7. The van der Waals surface area contributed by atoms with Gasteiger partial charge in [0.25, 0.3) is 0 Å². The minimum absolute atomic E-state index is 0.0141. The van der Waals surface area contributed by atoms with Crippen LogP contribution in [0.3, 0.4) is 0 Å². The normalized spacial score (nSPS) is 17.9. The Morgan fingerprint density at radius 3 is 2.75 bits per heavy atom. The second-order valence-corrected chi connectivity index (χ2v) is 12.4. The van der Waals surface area contributed by atoms with E-state index < -0.39 is 19.9 Å². The summed E-state index contributed by atoms with van der Waals surface area (Å²) in [5, 5.41) is 11.5. The van der Waals surface area contributed by atoms with Crippen molar-refractivity contribution in [1.29, 1.82) is 0 Å². The molecule has 1 aromatic heterocycles. The van der Waals surface area contributed by atoms with Crippen molar-refractivity contribution in [3.8, 4) is 0 Å². The number of anilines is 1.